The molecule has 3 aromatic carbocycles. The van der Waals surface area contributed by atoms with Crippen LogP contribution in [-0.2, 0) is 23.6 Å². The van der Waals surface area contributed by atoms with Crippen LogP contribution in [0.15, 0.2) is 60.7 Å². The highest BCUT2D eigenvalue weighted by Crippen LogP contribution is 2.50. The topological polar surface area (TPSA) is 86.0 Å². The molecular formula is C35H35ClFN3O5. The fourth-order valence-corrected chi connectivity index (χ4v) is 6.91. The second-order valence-corrected chi connectivity index (χ2v) is 12.7. The Kier molecular flexibility index (Phi) is 7.79. The first-order valence-electron chi connectivity index (χ1n) is 15.4. The molecule has 2 atom stereocenters. The lowest BCUT2D eigenvalue weighted by atomic mass is 9.88. The highest BCUT2D eigenvalue weighted by molar-refractivity contribution is 6.30. The van der Waals surface area contributed by atoms with E-state index in [-0.39, 0.29) is 17.6 Å². The number of piperidine rings is 1. The first-order chi connectivity index (χ1) is 21.7. The van der Waals surface area contributed by atoms with Gasteiger partial charge in [0.2, 0.25) is 0 Å². The maximum Gasteiger partial charge on any atom is 0.335 e. The molecule has 4 aromatic rings. The summed E-state index contributed by atoms with van der Waals surface area (Å²) >= 11 is 5.98. The minimum atomic E-state index is -1.28. The third kappa shape index (κ3) is 5.69. The fraction of sp³-hybridized carbons (Fsp3) is 0.371. The molecule has 0 bridgehead atoms. The lowest BCUT2D eigenvalue weighted by Crippen LogP contribution is -2.35. The van der Waals surface area contributed by atoms with Crippen LogP contribution in [0, 0.1) is 12.7 Å². The van der Waals surface area contributed by atoms with Gasteiger partial charge in [0.05, 0.1) is 41.7 Å². The minimum Gasteiger partial charge on any atom is -0.478 e. The predicted molar refractivity (Wildman–Crippen MR) is 167 cm³/mol. The summed E-state index contributed by atoms with van der Waals surface area (Å²) in [6.45, 7) is 7.70. The number of aryl methyl sites for hydroxylation is 1. The number of imidazole rings is 1. The molecule has 2 saturated heterocycles. The van der Waals surface area contributed by atoms with Crippen LogP contribution < -0.4 is 9.47 Å². The first-order valence-corrected chi connectivity index (χ1v) is 15.8. The second kappa shape index (κ2) is 11.8. The van der Waals surface area contributed by atoms with E-state index in [1.54, 1.807) is 31.2 Å². The molecule has 3 aliphatic heterocycles. The number of likely N-dealkylation sites (tertiary alicyclic amines) is 1. The minimum absolute atomic E-state index is 0.148. The molecule has 1 aromatic heterocycles. The van der Waals surface area contributed by atoms with Gasteiger partial charge in [0.25, 0.3) is 5.79 Å². The molecule has 3 aliphatic rings. The molecule has 1 N–H and O–H groups in total. The molecule has 234 valence electrons. The van der Waals surface area contributed by atoms with Crippen LogP contribution in [0.5, 0.6) is 11.5 Å². The van der Waals surface area contributed by atoms with Crippen LogP contribution in [-0.4, -0.2) is 51.3 Å². The number of hydrogen-bond donors (Lipinski definition) is 1. The van der Waals surface area contributed by atoms with Crippen LogP contribution in [0.4, 0.5) is 4.39 Å². The van der Waals surface area contributed by atoms with E-state index in [1.165, 1.54) is 6.07 Å². The molecule has 0 spiro atoms. The van der Waals surface area contributed by atoms with E-state index in [2.05, 4.69) is 15.5 Å². The number of benzene rings is 3. The molecule has 2 fully saturated rings. The number of para-hydroxylation sites is 1. The summed E-state index contributed by atoms with van der Waals surface area (Å²) < 4.78 is 35.5. The highest BCUT2D eigenvalue weighted by Gasteiger charge is 2.43. The molecule has 0 amide bonds. The molecule has 45 heavy (non-hydrogen) atoms. The van der Waals surface area contributed by atoms with Crippen molar-refractivity contribution in [2.24, 2.45) is 0 Å². The molecule has 7 rings (SSSR count). The number of halogens is 2. The largest absolute Gasteiger partial charge is 0.478 e. The van der Waals surface area contributed by atoms with Crippen molar-refractivity contribution in [2.45, 2.75) is 64.0 Å². The van der Waals surface area contributed by atoms with E-state index in [0.717, 1.165) is 67.3 Å². The lowest BCUT2D eigenvalue weighted by Gasteiger charge is -2.33. The van der Waals surface area contributed by atoms with E-state index in [9.17, 15) is 14.3 Å². The third-order valence-corrected chi connectivity index (χ3v) is 9.46. The van der Waals surface area contributed by atoms with E-state index >= 15 is 0 Å². The quantitative estimate of drug-likeness (QED) is 0.221. The molecule has 0 saturated carbocycles. The van der Waals surface area contributed by atoms with Crippen molar-refractivity contribution in [1.82, 2.24) is 14.5 Å². The van der Waals surface area contributed by atoms with Gasteiger partial charge in [-0.3, -0.25) is 4.90 Å². The number of aromatic carboxylic acids is 1. The van der Waals surface area contributed by atoms with Crippen molar-refractivity contribution in [3.8, 4) is 22.8 Å². The van der Waals surface area contributed by atoms with Crippen LogP contribution in [0.2, 0.25) is 5.02 Å². The van der Waals surface area contributed by atoms with Crippen LogP contribution in [0.1, 0.15) is 65.1 Å². The number of carboxylic acids is 1. The standard InChI is InChI=1S/C35H35ClFN3O5/c1-21-32(23-6-8-24(9-7-23)34(41)42)40(19-26-14-17-43-26)31(38-21)20-39-15-12-22(13-16-39)27-4-3-5-30-33(27)45-35(2,44-30)28-11-10-25(36)18-29(28)37/h3-11,18,22,26H,12-17,19-20H2,1-2H3,(H,41,42)/t26-,35-/m0/s1. The maximum absolute atomic E-state index is 14.9. The number of rotatable bonds is 8. The molecular weight excluding hydrogens is 597 g/mol. The van der Waals surface area contributed by atoms with Crippen molar-refractivity contribution in [2.75, 3.05) is 19.7 Å². The normalized spacial score (nSPS) is 21.6. The third-order valence-electron chi connectivity index (χ3n) is 9.23. The van der Waals surface area contributed by atoms with E-state index in [0.29, 0.717) is 35.2 Å². The molecule has 0 unspecified atom stereocenters. The van der Waals surface area contributed by atoms with Crippen molar-refractivity contribution in [3.05, 3.63) is 99.7 Å². The van der Waals surface area contributed by atoms with Gasteiger partial charge in [-0.1, -0.05) is 35.9 Å². The number of fused-ring (bicyclic) bond motifs is 1. The van der Waals surface area contributed by atoms with Gasteiger partial charge < -0.3 is 23.9 Å². The highest BCUT2D eigenvalue weighted by atomic mass is 35.5. The Hall–Kier alpha value is -3.92. The van der Waals surface area contributed by atoms with Gasteiger partial charge in [-0.15, -0.1) is 0 Å². The summed E-state index contributed by atoms with van der Waals surface area (Å²) in [5.41, 5.74) is 4.51. The maximum atomic E-state index is 14.9. The molecule has 10 heteroatoms. The van der Waals surface area contributed by atoms with Gasteiger partial charge in [-0.05, 0) is 81.6 Å². The lowest BCUT2D eigenvalue weighted by molar-refractivity contribution is -0.0712. The van der Waals surface area contributed by atoms with Gasteiger partial charge in [0, 0.05) is 29.7 Å². The van der Waals surface area contributed by atoms with E-state index < -0.39 is 17.6 Å². The van der Waals surface area contributed by atoms with Gasteiger partial charge in [0.1, 0.15) is 11.6 Å². The zero-order valence-electron chi connectivity index (χ0n) is 25.3. The summed E-state index contributed by atoms with van der Waals surface area (Å²) in [5.74, 6) is -0.140. The van der Waals surface area contributed by atoms with Gasteiger partial charge in [-0.25, -0.2) is 14.2 Å². The SMILES string of the molecule is Cc1nc(CN2CCC(c3cccc4c3O[C@@](C)(c3ccc(Cl)cc3F)O4)CC2)n(C[C@@H]2CCO2)c1-c1ccc(C(=O)O)cc1. The Morgan fingerprint density at radius 1 is 1.09 bits per heavy atom. The number of hydrogen-bond acceptors (Lipinski definition) is 6. The summed E-state index contributed by atoms with van der Waals surface area (Å²) in [7, 11) is 0. The molecule has 0 radical (unpaired) electrons. The van der Waals surface area contributed by atoms with Gasteiger partial charge in [-0.2, -0.15) is 0 Å². The summed E-state index contributed by atoms with van der Waals surface area (Å²) in [4.78, 5) is 18.8. The van der Waals surface area contributed by atoms with Gasteiger partial charge in [0.15, 0.2) is 11.5 Å². The van der Waals surface area contributed by atoms with Crippen LogP contribution in [0.3, 0.4) is 0 Å². The zero-order valence-corrected chi connectivity index (χ0v) is 26.0. The number of carbonyl (C=O) groups is 1. The van der Waals surface area contributed by atoms with Crippen molar-refractivity contribution < 1.29 is 28.5 Å². The first kappa shape index (κ1) is 29.8. The molecule has 4 heterocycles. The number of aromatic nitrogens is 2. The Morgan fingerprint density at radius 2 is 1.84 bits per heavy atom. The van der Waals surface area contributed by atoms with Crippen molar-refractivity contribution >= 4 is 17.6 Å². The fourth-order valence-electron chi connectivity index (χ4n) is 6.76. The average molecular weight is 632 g/mol. The van der Waals surface area contributed by atoms with E-state index in [4.69, 9.17) is 30.8 Å². The Balaban J connectivity index is 1.08. The molecule has 8 nitrogen and oxygen atoms in total. The Morgan fingerprint density at radius 3 is 2.51 bits per heavy atom. The van der Waals surface area contributed by atoms with Crippen molar-refractivity contribution in [3.63, 3.8) is 0 Å². The smallest absolute Gasteiger partial charge is 0.335 e. The Labute approximate surface area is 266 Å². The average Bonchev–Trinajstić information content (AvgIpc) is 3.50. The molecule has 0 aliphatic carbocycles. The van der Waals surface area contributed by atoms with Crippen molar-refractivity contribution in [1.29, 1.82) is 0 Å². The monoisotopic (exact) mass is 631 g/mol. The predicted octanol–water partition coefficient (Wildman–Crippen LogP) is 7.16. The Bertz CT molecular complexity index is 1750. The number of ether oxygens (including phenoxy) is 3. The van der Waals surface area contributed by atoms with Crippen LogP contribution in [0.25, 0.3) is 11.3 Å². The number of nitrogens with zero attached hydrogens (tertiary/aromatic N) is 3. The van der Waals surface area contributed by atoms with Gasteiger partial charge >= 0.3 is 5.97 Å². The summed E-state index contributed by atoms with van der Waals surface area (Å²) in [6, 6.07) is 17.5. The summed E-state index contributed by atoms with van der Waals surface area (Å²) in [5, 5.41) is 9.68. The zero-order chi connectivity index (χ0) is 31.3. The van der Waals surface area contributed by atoms with E-state index in [1.807, 2.05) is 31.2 Å². The second-order valence-electron chi connectivity index (χ2n) is 12.2. The number of carboxylic acid groups (broad SMARTS) is 1. The van der Waals surface area contributed by atoms with Crippen LogP contribution >= 0.6 is 11.6 Å². The summed E-state index contributed by atoms with van der Waals surface area (Å²) in [6.07, 6.45) is 3.02.